The van der Waals surface area contributed by atoms with E-state index in [4.69, 9.17) is 9.15 Å². The molecule has 3 aromatic rings. The van der Waals surface area contributed by atoms with E-state index in [2.05, 4.69) is 0 Å². The van der Waals surface area contributed by atoms with Crippen LogP contribution in [0.3, 0.4) is 0 Å². The fourth-order valence-electron chi connectivity index (χ4n) is 2.88. The molecule has 0 saturated carbocycles. The van der Waals surface area contributed by atoms with E-state index in [1.54, 1.807) is 24.6 Å². The number of aryl methyl sites for hydroxylation is 2. The van der Waals surface area contributed by atoms with Crippen molar-refractivity contribution < 1.29 is 18.7 Å². The van der Waals surface area contributed by atoms with Gasteiger partial charge in [-0.15, -0.1) is 0 Å². The quantitative estimate of drug-likeness (QED) is 0.459. The van der Waals surface area contributed by atoms with E-state index in [-0.39, 0.29) is 23.8 Å². The normalized spacial score (nSPS) is 10.9. The Morgan fingerprint density at radius 2 is 1.96 bits per heavy atom. The van der Waals surface area contributed by atoms with E-state index < -0.39 is 5.97 Å². The van der Waals surface area contributed by atoms with Gasteiger partial charge in [-0.05, 0) is 39.0 Å². The molecule has 0 amide bonds. The highest BCUT2D eigenvalue weighted by Gasteiger charge is 2.18. The number of thiazole rings is 1. The first-order chi connectivity index (χ1) is 12.9. The van der Waals surface area contributed by atoms with Gasteiger partial charge in [-0.1, -0.05) is 11.3 Å². The number of rotatable bonds is 7. The van der Waals surface area contributed by atoms with Crippen LogP contribution in [0.2, 0.25) is 0 Å². The molecule has 0 bridgehead atoms. The number of ketones is 1. The number of hydrogen-bond acceptors (Lipinski definition) is 6. The van der Waals surface area contributed by atoms with Gasteiger partial charge < -0.3 is 13.7 Å². The molecule has 7 nitrogen and oxygen atoms in total. The van der Waals surface area contributed by atoms with Crippen molar-refractivity contribution in [2.24, 2.45) is 0 Å². The molecule has 3 rings (SSSR count). The lowest BCUT2D eigenvalue weighted by atomic mass is 10.1. The fourth-order valence-corrected chi connectivity index (χ4v) is 3.61. The molecule has 0 unspecified atom stereocenters. The van der Waals surface area contributed by atoms with Crippen molar-refractivity contribution in [1.29, 1.82) is 0 Å². The summed E-state index contributed by atoms with van der Waals surface area (Å²) in [6.07, 6.45) is 1.61. The second kappa shape index (κ2) is 7.79. The molecule has 0 atom stereocenters. The highest BCUT2D eigenvalue weighted by atomic mass is 32.1. The first-order valence-electron chi connectivity index (χ1n) is 8.39. The number of nitrogens with zero attached hydrogens (tertiary/aromatic N) is 2. The van der Waals surface area contributed by atoms with E-state index in [0.717, 1.165) is 28.5 Å². The Morgan fingerprint density at radius 3 is 2.59 bits per heavy atom. The minimum Gasteiger partial charge on any atom is -0.467 e. The molecular formula is C19H20N2O5S. The fraction of sp³-hybridized carbons (Fsp3) is 0.316. The lowest BCUT2D eigenvalue weighted by molar-refractivity contribution is -0.143. The molecule has 0 aliphatic rings. The van der Waals surface area contributed by atoms with Crippen molar-refractivity contribution >= 4 is 23.1 Å². The lowest BCUT2D eigenvalue weighted by Crippen LogP contribution is -2.24. The molecule has 27 heavy (non-hydrogen) atoms. The van der Waals surface area contributed by atoms with Crippen molar-refractivity contribution in [3.63, 3.8) is 0 Å². The molecule has 3 aromatic heterocycles. The summed E-state index contributed by atoms with van der Waals surface area (Å²) < 4.78 is 13.7. The summed E-state index contributed by atoms with van der Waals surface area (Å²) in [4.78, 5) is 35.9. The van der Waals surface area contributed by atoms with E-state index in [1.807, 2.05) is 30.5 Å². The van der Waals surface area contributed by atoms with E-state index in [9.17, 15) is 14.4 Å². The third-order valence-corrected chi connectivity index (χ3v) is 5.28. The van der Waals surface area contributed by atoms with Crippen LogP contribution in [0.5, 0.6) is 0 Å². The predicted octanol–water partition coefficient (Wildman–Crippen LogP) is 2.70. The highest BCUT2D eigenvalue weighted by molar-refractivity contribution is 7.07. The number of aromatic nitrogens is 2. The standard InChI is InChI=1S/C19H20N2O5S/c1-12-7-16(14(3)20(12)8-15-5-4-6-25-15)17(22)10-26-18(23)9-21-13(2)11-27-19(21)24/h4-7,11H,8-10H2,1-3H3. The summed E-state index contributed by atoms with van der Waals surface area (Å²) in [7, 11) is 0. The van der Waals surface area contributed by atoms with Crippen molar-refractivity contribution in [2.75, 3.05) is 6.61 Å². The Balaban J connectivity index is 1.64. The predicted molar refractivity (Wildman–Crippen MR) is 100 cm³/mol. The molecule has 0 aliphatic heterocycles. The minimum atomic E-state index is -0.614. The molecule has 0 N–H and O–H groups in total. The summed E-state index contributed by atoms with van der Waals surface area (Å²) in [6.45, 7) is 5.47. The summed E-state index contributed by atoms with van der Waals surface area (Å²) in [5.41, 5.74) is 2.90. The molecule has 8 heteroatoms. The molecule has 0 saturated heterocycles. The monoisotopic (exact) mass is 388 g/mol. The molecule has 142 valence electrons. The molecule has 0 radical (unpaired) electrons. The Kier molecular flexibility index (Phi) is 5.46. The zero-order chi connectivity index (χ0) is 19.6. The number of hydrogen-bond donors (Lipinski definition) is 0. The smallest absolute Gasteiger partial charge is 0.326 e. The SMILES string of the molecule is Cc1cc(C(=O)COC(=O)Cn2c(C)csc2=O)c(C)n1Cc1ccco1. The second-order valence-corrected chi connectivity index (χ2v) is 7.08. The van der Waals surface area contributed by atoms with E-state index >= 15 is 0 Å². The number of carbonyl (C=O) groups excluding carboxylic acids is 2. The maximum Gasteiger partial charge on any atom is 0.326 e. The van der Waals surface area contributed by atoms with Gasteiger partial charge in [0, 0.05) is 28.0 Å². The maximum atomic E-state index is 12.5. The van der Waals surface area contributed by atoms with Gasteiger partial charge in [0.15, 0.2) is 6.61 Å². The van der Waals surface area contributed by atoms with Crippen LogP contribution in [0.25, 0.3) is 0 Å². The zero-order valence-electron chi connectivity index (χ0n) is 15.4. The number of esters is 1. The topological polar surface area (TPSA) is 83.4 Å². The van der Waals surface area contributed by atoms with Gasteiger partial charge in [-0.2, -0.15) is 0 Å². The minimum absolute atomic E-state index is 0.195. The molecular weight excluding hydrogens is 368 g/mol. The molecule has 0 aliphatic carbocycles. The third-order valence-electron chi connectivity index (χ3n) is 4.40. The van der Waals surface area contributed by atoms with Gasteiger partial charge in [0.2, 0.25) is 5.78 Å². The van der Waals surface area contributed by atoms with Crippen molar-refractivity contribution in [2.45, 2.75) is 33.9 Å². The Labute approximate surface area is 159 Å². The van der Waals surface area contributed by atoms with Crippen LogP contribution in [0.4, 0.5) is 0 Å². The van der Waals surface area contributed by atoms with Crippen molar-refractivity contribution in [3.05, 3.63) is 67.9 Å². The molecule has 0 fully saturated rings. The Hall–Kier alpha value is -2.87. The second-order valence-electron chi connectivity index (χ2n) is 6.26. The van der Waals surface area contributed by atoms with Crippen LogP contribution >= 0.6 is 11.3 Å². The van der Waals surface area contributed by atoms with Gasteiger partial charge in [0.25, 0.3) is 0 Å². The average molecular weight is 388 g/mol. The van der Waals surface area contributed by atoms with Crippen molar-refractivity contribution in [3.8, 4) is 0 Å². The number of ether oxygens (including phenoxy) is 1. The summed E-state index contributed by atoms with van der Waals surface area (Å²) >= 11 is 1.02. The molecule has 0 spiro atoms. The maximum absolute atomic E-state index is 12.5. The highest BCUT2D eigenvalue weighted by Crippen LogP contribution is 2.18. The van der Waals surface area contributed by atoms with Crippen LogP contribution in [-0.2, 0) is 22.6 Å². The van der Waals surface area contributed by atoms with Crippen molar-refractivity contribution in [1.82, 2.24) is 9.13 Å². The van der Waals surface area contributed by atoms with Gasteiger partial charge in [0.1, 0.15) is 12.3 Å². The zero-order valence-corrected chi connectivity index (χ0v) is 16.2. The largest absolute Gasteiger partial charge is 0.467 e. The Bertz CT molecular complexity index is 1020. The average Bonchev–Trinajstić information content (AvgIpc) is 3.33. The van der Waals surface area contributed by atoms with Crippen LogP contribution < -0.4 is 4.87 Å². The third kappa shape index (κ3) is 4.11. The first kappa shape index (κ1) is 18.9. The van der Waals surface area contributed by atoms with Crippen LogP contribution in [0.1, 0.15) is 33.2 Å². The molecule has 0 aromatic carbocycles. The Morgan fingerprint density at radius 1 is 1.19 bits per heavy atom. The molecule has 3 heterocycles. The van der Waals surface area contributed by atoms with Crippen LogP contribution in [0.15, 0.2) is 39.1 Å². The van der Waals surface area contributed by atoms with E-state index in [0.29, 0.717) is 17.8 Å². The number of Topliss-reactive ketones (excluding diaryl/α,β-unsaturated/α-hetero) is 1. The number of carbonyl (C=O) groups is 2. The van der Waals surface area contributed by atoms with E-state index in [1.165, 1.54) is 4.57 Å². The van der Waals surface area contributed by atoms with Gasteiger partial charge >= 0.3 is 10.8 Å². The van der Waals surface area contributed by atoms with Crippen LogP contribution in [-0.4, -0.2) is 27.5 Å². The number of furan rings is 1. The van der Waals surface area contributed by atoms with Gasteiger partial charge in [-0.25, -0.2) is 0 Å². The summed E-state index contributed by atoms with van der Waals surface area (Å²) in [6, 6.07) is 5.47. The lowest BCUT2D eigenvalue weighted by Gasteiger charge is -2.08. The van der Waals surface area contributed by atoms with Gasteiger partial charge in [0.05, 0.1) is 12.8 Å². The summed E-state index contributed by atoms with van der Waals surface area (Å²) in [5.74, 6) is -0.105. The summed E-state index contributed by atoms with van der Waals surface area (Å²) in [5, 5.41) is 1.68. The van der Waals surface area contributed by atoms with Gasteiger partial charge in [-0.3, -0.25) is 19.0 Å². The van der Waals surface area contributed by atoms with Crippen LogP contribution in [0, 0.1) is 20.8 Å². The first-order valence-corrected chi connectivity index (χ1v) is 9.27.